The molecule has 0 bridgehead atoms. The van der Waals surface area contributed by atoms with Crippen LogP contribution in [0.2, 0.25) is 0 Å². The van der Waals surface area contributed by atoms with Crippen LogP contribution in [0.4, 0.5) is 13.2 Å². The van der Waals surface area contributed by atoms with E-state index in [0.717, 1.165) is 69.6 Å². The molecule has 3 aromatic carbocycles. The Hall–Kier alpha value is -3.84. The number of alkyl halides is 3. The maximum absolute atomic E-state index is 14.7. The number of nitrogens with zero attached hydrogens (tertiary/aromatic N) is 3. The Bertz CT molecular complexity index is 1990. The average molecular weight is 707 g/mol. The number of benzene rings is 3. The van der Waals surface area contributed by atoms with Crippen LogP contribution >= 0.6 is 0 Å². The van der Waals surface area contributed by atoms with Crippen LogP contribution in [-0.4, -0.2) is 80.3 Å². The zero-order chi connectivity index (χ0) is 35.1. The third-order valence-corrected chi connectivity index (χ3v) is 12.1. The van der Waals surface area contributed by atoms with Crippen LogP contribution in [0.5, 0.6) is 0 Å². The predicted molar refractivity (Wildman–Crippen MR) is 185 cm³/mol. The van der Waals surface area contributed by atoms with E-state index >= 15 is 0 Å². The minimum atomic E-state index is -4.58. The van der Waals surface area contributed by atoms with Crippen molar-refractivity contribution < 1.29 is 31.1 Å². The number of rotatable bonds is 9. The molecule has 1 aromatic heterocycles. The second-order valence-corrected chi connectivity index (χ2v) is 15.8. The highest BCUT2D eigenvalue weighted by molar-refractivity contribution is 7.91. The van der Waals surface area contributed by atoms with Crippen molar-refractivity contribution in [3.63, 3.8) is 0 Å². The van der Waals surface area contributed by atoms with Gasteiger partial charge in [-0.25, -0.2) is 13.4 Å². The molecule has 0 unspecified atom stereocenters. The monoisotopic (exact) mass is 706 g/mol. The van der Waals surface area contributed by atoms with Crippen LogP contribution in [0.15, 0.2) is 77.7 Å². The molecule has 7 rings (SSSR count). The summed E-state index contributed by atoms with van der Waals surface area (Å²) in [5, 5.41) is 3.63. The van der Waals surface area contributed by atoms with E-state index < -0.39 is 33.0 Å². The lowest BCUT2D eigenvalue weighted by Gasteiger charge is -2.40. The Morgan fingerprint density at radius 2 is 1.68 bits per heavy atom. The number of pyridine rings is 1. The molecular weight excluding hydrogens is 666 g/mol. The first-order valence-corrected chi connectivity index (χ1v) is 18.9. The van der Waals surface area contributed by atoms with Gasteiger partial charge in [0.2, 0.25) is 0 Å². The van der Waals surface area contributed by atoms with Gasteiger partial charge in [-0.3, -0.25) is 14.6 Å². The smallest absolute Gasteiger partial charge is 0.379 e. The summed E-state index contributed by atoms with van der Waals surface area (Å²) in [7, 11) is -3.65. The first-order chi connectivity index (χ1) is 24.0. The largest absolute Gasteiger partial charge is 0.416 e. The molecule has 1 N–H and O–H groups in total. The van der Waals surface area contributed by atoms with Crippen molar-refractivity contribution in [1.82, 2.24) is 20.1 Å². The molecule has 3 fully saturated rings. The summed E-state index contributed by atoms with van der Waals surface area (Å²) in [5.74, 6) is -0.533. The molecule has 264 valence electrons. The Morgan fingerprint density at radius 3 is 2.34 bits per heavy atom. The van der Waals surface area contributed by atoms with Crippen molar-refractivity contribution in [3.8, 4) is 11.3 Å². The number of aromatic nitrogens is 1. The predicted octanol–water partition coefficient (Wildman–Crippen LogP) is 6.43. The van der Waals surface area contributed by atoms with E-state index in [1.165, 1.54) is 18.2 Å². The Morgan fingerprint density at radius 1 is 0.960 bits per heavy atom. The lowest BCUT2D eigenvalue weighted by Crippen LogP contribution is -2.48. The third kappa shape index (κ3) is 7.03. The van der Waals surface area contributed by atoms with Crippen LogP contribution in [-0.2, 0) is 32.8 Å². The Labute approximate surface area is 290 Å². The van der Waals surface area contributed by atoms with Crippen molar-refractivity contribution in [2.24, 2.45) is 0 Å². The molecule has 3 heterocycles. The molecule has 12 heteroatoms. The van der Waals surface area contributed by atoms with Crippen LogP contribution in [0.3, 0.4) is 0 Å². The van der Waals surface area contributed by atoms with Gasteiger partial charge in [0.05, 0.1) is 51.7 Å². The first kappa shape index (κ1) is 34.6. The number of sulfone groups is 1. The van der Waals surface area contributed by atoms with Crippen LogP contribution in [0.25, 0.3) is 22.2 Å². The zero-order valence-electron chi connectivity index (χ0n) is 28.0. The zero-order valence-corrected chi connectivity index (χ0v) is 28.8. The van der Waals surface area contributed by atoms with Crippen LogP contribution in [0, 0.1) is 0 Å². The highest BCUT2D eigenvalue weighted by Crippen LogP contribution is 2.46. The van der Waals surface area contributed by atoms with Crippen molar-refractivity contribution >= 4 is 26.6 Å². The number of hydrogen-bond donors (Lipinski definition) is 1. The van der Waals surface area contributed by atoms with E-state index in [1.54, 1.807) is 19.1 Å². The number of morpholine rings is 1. The fourth-order valence-corrected chi connectivity index (χ4v) is 8.30. The molecule has 50 heavy (non-hydrogen) atoms. The van der Waals surface area contributed by atoms with E-state index in [-0.39, 0.29) is 34.0 Å². The van der Waals surface area contributed by atoms with Gasteiger partial charge in [0.15, 0.2) is 9.84 Å². The maximum Gasteiger partial charge on any atom is 0.416 e. The molecule has 0 atom stereocenters. The number of halogens is 3. The summed E-state index contributed by atoms with van der Waals surface area (Å²) in [4.78, 5) is 24.4. The normalized spacial score (nSPS) is 19.0. The van der Waals surface area contributed by atoms with E-state index in [2.05, 4.69) is 15.1 Å². The molecule has 2 saturated heterocycles. The quantitative estimate of drug-likeness (QED) is 0.215. The molecule has 4 aromatic rings. The summed E-state index contributed by atoms with van der Waals surface area (Å²) < 4.78 is 73.7. The standard InChI is InChI=1S/C38H41F3N4O4S/c1-2-50(47,48)30-11-12-33-31(24-30)34(36(46)43-37(15-16-37)27-8-4-3-5-9-27)32(35(42-33)26-7-6-10-28(23-26)38(39,40)41)25-44-17-13-29(14-18-44)45-19-21-49-22-20-45/h3-12,23-24,29H,2,13-22,25H2,1H3,(H,43,46). The molecule has 0 spiro atoms. The number of likely N-dealkylation sites (tertiary alicyclic amines) is 1. The second-order valence-electron chi connectivity index (χ2n) is 13.5. The molecule has 1 aliphatic carbocycles. The summed E-state index contributed by atoms with van der Waals surface area (Å²) in [6.07, 6.45) is -1.32. The number of fused-ring (bicyclic) bond motifs is 1. The van der Waals surface area contributed by atoms with Gasteiger partial charge in [-0.1, -0.05) is 49.4 Å². The van der Waals surface area contributed by atoms with E-state index in [1.807, 2.05) is 30.3 Å². The van der Waals surface area contributed by atoms with Gasteiger partial charge in [0.1, 0.15) is 0 Å². The highest BCUT2D eigenvalue weighted by atomic mass is 32.2. The van der Waals surface area contributed by atoms with Gasteiger partial charge in [-0.05, 0) is 74.7 Å². The van der Waals surface area contributed by atoms with Crippen LogP contribution < -0.4 is 5.32 Å². The number of amides is 1. The molecule has 2 aliphatic heterocycles. The minimum absolute atomic E-state index is 0.0663. The lowest BCUT2D eigenvalue weighted by atomic mass is 9.93. The Balaban J connectivity index is 1.37. The summed E-state index contributed by atoms with van der Waals surface area (Å²) >= 11 is 0. The van der Waals surface area contributed by atoms with E-state index in [9.17, 15) is 26.4 Å². The molecular formula is C38H41F3N4O4S. The maximum atomic E-state index is 14.7. The third-order valence-electron chi connectivity index (χ3n) is 10.4. The SMILES string of the molecule is CCS(=O)(=O)c1ccc2nc(-c3cccc(C(F)(F)F)c3)c(CN3CCC(N4CCOCC4)CC3)c(C(=O)NC3(c4ccccc4)CC3)c2c1. The first-order valence-electron chi connectivity index (χ1n) is 17.3. The van der Waals surface area contributed by atoms with Crippen molar-refractivity contribution in [3.05, 3.63) is 95.1 Å². The summed E-state index contributed by atoms with van der Waals surface area (Å²) in [5.41, 5.74) is 1.13. The van der Waals surface area contributed by atoms with Gasteiger partial charge in [-0.2, -0.15) is 13.2 Å². The van der Waals surface area contributed by atoms with Crippen molar-refractivity contribution in [2.45, 2.75) is 61.8 Å². The lowest BCUT2D eigenvalue weighted by molar-refractivity contribution is -0.137. The topological polar surface area (TPSA) is 91.8 Å². The number of piperidine rings is 1. The fourth-order valence-electron chi connectivity index (χ4n) is 7.39. The molecule has 0 radical (unpaired) electrons. The fraction of sp³-hybridized carbons (Fsp3) is 0.421. The van der Waals surface area contributed by atoms with E-state index in [4.69, 9.17) is 9.72 Å². The van der Waals surface area contributed by atoms with Gasteiger partial charge in [0, 0.05) is 42.2 Å². The molecule has 1 amide bonds. The second kappa shape index (κ2) is 13.7. The molecule has 3 aliphatic rings. The van der Waals surface area contributed by atoms with Gasteiger partial charge in [0.25, 0.3) is 5.91 Å². The van der Waals surface area contributed by atoms with Gasteiger partial charge in [-0.15, -0.1) is 0 Å². The van der Waals surface area contributed by atoms with Gasteiger partial charge >= 0.3 is 6.18 Å². The van der Waals surface area contributed by atoms with Crippen LogP contribution in [0.1, 0.15) is 59.7 Å². The van der Waals surface area contributed by atoms with Crippen molar-refractivity contribution in [2.75, 3.05) is 45.1 Å². The minimum Gasteiger partial charge on any atom is -0.379 e. The average Bonchev–Trinajstić information content (AvgIpc) is 3.92. The summed E-state index contributed by atoms with van der Waals surface area (Å²) in [6.45, 7) is 6.46. The van der Waals surface area contributed by atoms with E-state index in [0.29, 0.717) is 35.7 Å². The highest BCUT2D eigenvalue weighted by Gasteiger charge is 2.46. The van der Waals surface area contributed by atoms with Crippen molar-refractivity contribution in [1.29, 1.82) is 0 Å². The number of hydrogen-bond acceptors (Lipinski definition) is 7. The summed E-state index contributed by atoms with van der Waals surface area (Å²) in [6, 6.07) is 19.6. The molecule has 8 nitrogen and oxygen atoms in total. The Kier molecular flexibility index (Phi) is 9.48. The van der Waals surface area contributed by atoms with Gasteiger partial charge < -0.3 is 10.1 Å². The number of carbonyl (C=O) groups is 1. The number of carbonyl (C=O) groups excluding carboxylic acids is 1. The molecule has 1 saturated carbocycles. The number of nitrogens with one attached hydrogen (secondary N) is 1. The number of ether oxygens (including phenoxy) is 1.